The Morgan fingerprint density at radius 1 is 1.14 bits per heavy atom. The van der Waals surface area contributed by atoms with Gasteiger partial charge in [-0.25, -0.2) is 4.98 Å². The minimum Gasteiger partial charge on any atom is -0.347 e. The van der Waals surface area contributed by atoms with Gasteiger partial charge in [-0.1, -0.05) is 27.7 Å². The second-order valence-corrected chi connectivity index (χ2v) is 7.09. The van der Waals surface area contributed by atoms with Crippen molar-refractivity contribution in [3.8, 4) is 0 Å². The Bertz CT molecular complexity index is 401. The molecule has 1 aromatic heterocycles. The Balaban J connectivity index is 2.90. The Kier molecular flexibility index (Phi) is 8.22. The van der Waals surface area contributed by atoms with E-state index in [4.69, 9.17) is 4.98 Å². The lowest BCUT2D eigenvalue weighted by Gasteiger charge is -2.23. The van der Waals surface area contributed by atoms with Crippen molar-refractivity contribution in [2.75, 3.05) is 45.2 Å². The van der Waals surface area contributed by atoms with Crippen molar-refractivity contribution in [2.24, 2.45) is 0 Å². The van der Waals surface area contributed by atoms with Crippen LogP contribution in [0.5, 0.6) is 0 Å². The molecule has 4 nitrogen and oxygen atoms in total. The molecule has 1 heterocycles. The second kappa shape index (κ2) is 9.38. The first-order valence-corrected chi connectivity index (χ1v) is 8.91. The maximum absolute atomic E-state index is 4.95. The van der Waals surface area contributed by atoms with Crippen LogP contribution in [-0.4, -0.2) is 50.2 Å². The van der Waals surface area contributed by atoms with Crippen molar-refractivity contribution in [1.29, 1.82) is 0 Å². The van der Waals surface area contributed by atoms with Crippen LogP contribution < -0.4 is 10.2 Å². The highest BCUT2D eigenvalue weighted by Gasteiger charge is 2.17. The van der Waals surface area contributed by atoms with Gasteiger partial charge in [-0.2, -0.15) is 0 Å². The summed E-state index contributed by atoms with van der Waals surface area (Å²) in [6, 6.07) is 0. The van der Waals surface area contributed by atoms with Crippen molar-refractivity contribution in [3.05, 3.63) is 10.6 Å². The number of thiazole rings is 1. The molecule has 1 aromatic rings. The van der Waals surface area contributed by atoms with Crippen LogP contribution in [0.25, 0.3) is 0 Å². The van der Waals surface area contributed by atoms with E-state index >= 15 is 0 Å². The molecule has 0 radical (unpaired) electrons. The van der Waals surface area contributed by atoms with Crippen molar-refractivity contribution >= 4 is 16.5 Å². The van der Waals surface area contributed by atoms with E-state index in [0.717, 1.165) is 39.1 Å². The SMILES string of the molecule is CCCN(CCN(C)C)c1nc(C(C)C)c(CNCC)s1. The van der Waals surface area contributed by atoms with E-state index in [2.05, 4.69) is 56.9 Å². The molecular weight excluding hydrogens is 280 g/mol. The second-order valence-electron chi connectivity index (χ2n) is 6.03. The molecule has 0 aliphatic heterocycles. The topological polar surface area (TPSA) is 31.4 Å². The van der Waals surface area contributed by atoms with E-state index in [1.165, 1.54) is 15.7 Å². The third kappa shape index (κ3) is 5.93. The monoisotopic (exact) mass is 312 g/mol. The predicted molar refractivity (Wildman–Crippen MR) is 94.6 cm³/mol. The van der Waals surface area contributed by atoms with Crippen LogP contribution in [0.4, 0.5) is 5.13 Å². The zero-order chi connectivity index (χ0) is 15.8. The first-order valence-electron chi connectivity index (χ1n) is 8.09. The molecular formula is C16H32N4S. The van der Waals surface area contributed by atoms with Crippen LogP contribution in [0, 0.1) is 0 Å². The van der Waals surface area contributed by atoms with E-state index < -0.39 is 0 Å². The highest BCUT2D eigenvalue weighted by molar-refractivity contribution is 7.15. The molecule has 5 heteroatoms. The maximum atomic E-state index is 4.95. The Morgan fingerprint density at radius 2 is 1.86 bits per heavy atom. The zero-order valence-corrected chi connectivity index (χ0v) is 15.4. The van der Waals surface area contributed by atoms with Crippen LogP contribution in [0.3, 0.4) is 0 Å². The molecule has 0 amide bonds. The summed E-state index contributed by atoms with van der Waals surface area (Å²) in [6.45, 7) is 14.0. The Morgan fingerprint density at radius 3 is 2.38 bits per heavy atom. The summed E-state index contributed by atoms with van der Waals surface area (Å²) in [4.78, 5) is 11.0. The minimum atomic E-state index is 0.487. The first kappa shape index (κ1) is 18.4. The molecule has 1 N–H and O–H groups in total. The lowest BCUT2D eigenvalue weighted by Crippen LogP contribution is -2.32. The maximum Gasteiger partial charge on any atom is 0.185 e. The number of aromatic nitrogens is 1. The van der Waals surface area contributed by atoms with Gasteiger partial charge in [0.05, 0.1) is 5.69 Å². The number of anilines is 1. The molecule has 0 aliphatic rings. The fourth-order valence-electron chi connectivity index (χ4n) is 2.20. The summed E-state index contributed by atoms with van der Waals surface area (Å²) in [7, 11) is 4.25. The van der Waals surface area contributed by atoms with E-state index in [-0.39, 0.29) is 0 Å². The van der Waals surface area contributed by atoms with Crippen LogP contribution in [-0.2, 0) is 6.54 Å². The van der Waals surface area contributed by atoms with Gasteiger partial charge in [0, 0.05) is 31.1 Å². The summed E-state index contributed by atoms with van der Waals surface area (Å²) in [5.41, 5.74) is 1.27. The van der Waals surface area contributed by atoms with Gasteiger partial charge in [0.1, 0.15) is 0 Å². The molecule has 0 bridgehead atoms. The zero-order valence-electron chi connectivity index (χ0n) is 14.6. The standard InChI is InChI=1S/C16H32N4S/c1-7-9-20(11-10-19(5)6)16-18-15(13(3)4)14(21-16)12-17-8-2/h13,17H,7-12H2,1-6H3. The molecule has 1 rings (SSSR count). The molecule has 0 fully saturated rings. The van der Waals surface area contributed by atoms with Crippen molar-refractivity contribution in [3.63, 3.8) is 0 Å². The van der Waals surface area contributed by atoms with Crippen LogP contribution >= 0.6 is 11.3 Å². The number of hydrogen-bond acceptors (Lipinski definition) is 5. The third-order valence-electron chi connectivity index (χ3n) is 3.38. The minimum absolute atomic E-state index is 0.487. The number of nitrogens with zero attached hydrogens (tertiary/aromatic N) is 3. The highest BCUT2D eigenvalue weighted by Crippen LogP contribution is 2.30. The summed E-state index contributed by atoms with van der Waals surface area (Å²) >= 11 is 1.86. The first-order chi connectivity index (χ1) is 9.99. The van der Waals surface area contributed by atoms with E-state index in [1.807, 2.05) is 11.3 Å². The fourth-order valence-corrected chi connectivity index (χ4v) is 3.43. The quantitative estimate of drug-likeness (QED) is 0.719. The van der Waals surface area contributed by atoms with Gasteiger partial charge in [0.15, 0.2) is 5.13 Å². The molecule has 21 heavy (non-hydrogen) atoms. The van der Waals surface area contributed by atoms with Crippen molar-refractivity contribution < 1.29 is 0 Å². The van der Waals surface area contributed by atoms with Crippen molar-refractivity contribution in [1.82, 2.24) is 15.2 Å². The van der Waals surface area contributed by atoms with Gasteiger partial charge in [-0.15, -0.1) is 11.3 Å². The van der Waals surface area contributed by atoms with Gasteiger partial charge in [-0.05, 0) is 33.0 Å². The Labute approximate surface area is 134 Å². The van der Waals surface area contributed by atoms with Crippen LogP contribution in [0.1, 0.15) is 50.6 Å². The molecule has 0 aromatic carbocycles. The number of likely N-dealkylation sites (N-methyl/N-ethyl adjacent to an activating group) is 1. The third-order valence-corrected chi connectivity index (χ3v) is 4.51. The van der Waals surface area contributed by atoms with E-state index in [1.54, 1.807) is 0 Å². The molecule has 0 saturated heterocycles. The lowest BCUT2D eigenvalue weighted by molar-refractivity contribution is 0.413. The normalized spacial score (nSPS) is 11.6. The summed E-state index contributed by atoms with van der Waals surface area (Å²) < 4.78 is 0. The largest absolute Gasteiger partial charge is 0.347 e. The molecule has 0 unspecified atom stereocenters. The molecule has 0 saturated carbocycles. The van der Waals surface area contributed by atoms with Crippen LogP contribution in [0.2, 0.25) is 0 Å². The average Bonchev–Trinajstić information content (AvgIpc) is 2.85. The molecule has 122 valence electrons. The van der Waals surface area contributed by atoms with Gasteiger partial charge in [0.25, 0.3) is 0 Å². The van der Waals surface area contributed by atoms with Gasteiger partial charge < -0.3 is 15.1 Å². The summed E-state index contributed by atoms with van der Waals surface area (Å²) in [5, 5.41) is 4.63. The predicted octanol–water partition coefficient (Wildman–Crippen LogP) is 3.15. The number of rotatable bonds is 10. The molecule has 0 spiro atoms. The average molecular weight is 313 g/mol. The molecule has 0 aliphatic carbocycles. The van der Waals surface area contributed by atoms with Gasteiger partial charge in [0.2, 0.25) is 0 Å². The van der Waals surface area contributed by atoms with Crippen LogP contribution in [0.15, 0.2) is 0 Å². The van der Waals surface area contributed by atoms with Gasteiger partial charge >= 0.3 is 0 Å². The highest BCUT2D eigenvalue weighted by atomic mass is 32.1. The summed E-state index contributed by atoms with van der Waals surface area (Å²) in [5.74, 6) is 0.487. The fraction of sp³-hybridized carbons (Fsp3) is 0.812. The lowest BCUT2D eigenvalue weighted by atomic mass is 10.1. The summed E-state index contributed by atoms with van der Waals surface area (Å²) in [6.07, 6.45) is 1.16. The Hall–Kier alpha value is -0.650. The van der Waals surface area contributed by atoms with E-state index in [9.17, 15) is 0 Å². The molecule has 0 atom stereocenters. The smallest absolute Gasteiger partial charge is 0.185 e. The van der Waals surface area contributed by atoms with E-state index in [0.29, 0.717) is 5.92 Å². The number of nitrogens with one attached hydrogen (secondary N) is 1. The van der Waals surface area contributed by atoms with Gasteiger partial charge in [-0.3, -0.25) is 0 Å². The number of hydrogen-bond donors (Lipinski definition) is 1. The van der Waals surface area contributed by atoms with Crippen molar-refractivity contribution in [2.45, 2.75) is 46.6 Å².